The van der Waals surface area contributed by atoms with Crippen LogP contribution in [0.2, 0.25) is 0 Å². The van der Waals surface area contributed by atoms with E-state index in [4.69, 9.17) is 47.4 Å². The summed E-state index contributed by atoms with van der Waals surface area (Å²) in [5.41, 5.74) is 0.942. The number of ether oxygens (including phenoxy) is 10. The maximum atomic E-state index is 13.3. The molecule has 0 aliphatic carbocycles. The first-order valence-corrected chi connectivity index (χ1v) is 17.8. The Morgan fingerprint density at radius 1 is 0.542 bits per heavy atom. The number of hydrogen-bond acceptors (Lipinski definition) is 16. The Morgan fingerprint density at radius 2 is 1.00 bits per heavy atom. The fourth-order valence-corrected chi connectivity index (χ4v) is 6.03. The molecule has 2 aliphatic heterocycles. The lowest BCUT2D eigenvalue weighted by Gasteiger charge is -2.18. The van der Waals surface area contributed by atoms with Crippen molar-refractivity contribution in [3.63, 3.8) is 0 Å². The Balaban J connectivity index is 1.03. The Hall–Kier alpha value is -7.30. The topological polar surface area (TPSA) is 195 Å². The van der Waals surface area contributed by atoms with Gasteiger partial charge in [-0.2, -0.15) is 0 Å². The minimum Gasteiger partial charge on any atom is -0.496 e. The second kappa shape index (κ2) is 18.3. The molecule has 4 atom stereocenters. The zero-order valence-electron chi connectivity index (χ0n) is 31.8. The Labute approximate surface area is 336 Å². The van der Waals surface area contributed by atoms with Crippen LogP contribution in [-0.4, -0.2) is 87.7 Å². The number of esters is 6. The van der Waals surface area contributed by atoms with Crippen molar-refractivity contribution >= 4 is 35.8 Å². The molecule has 0 spiro atoms. The van der Waals surface area contributed by atoms with Gasteiger partial charge >= 0.3 is 35.8 Å². The highest BCUT2D eigenvalue weighted by atomic mass is 16.7. The first kappa shape index (κ1) is 41.3. The lowest BCUT2D eigenvalue weighted by atomic mass is 10.1. The van der Waals surface area contributed by atoms with Crippen LogP contribution in [0, 0.1) is 6.92 Å². The lowest BCUT2D eigenvalue weighted by molar-refractivity contribution is -0.129. The van der Waals surface area contributed by atoms with E-state index >= 15 is 0 Å². The van der Waals surface area contributed by atoms with Gasteiger partial charge in [0.2, 0.25) is 0 Å². The number of rotatable bonds is 14. The van der Waals surface area contributed by atoms with E-state index in [1.54, 1.807) is 6.92 Å². The van der Waals surface area contributed by atoms with Crippen molar-refractivity contribution < 1.29 is 76.1 Å². The average molecular weight is 809 g/mol. The van der Waals surface area contributed by atoms with Gasteiger partial charge in [-0.25, -0.2) is 28.8 Å². The van der Waals surface area contributed by atoms with E-state index in [0.29, 0.717) is 5.56 Å². The van der Waals surface area contributed by atoms with Gasteiger partial charge in [0.05, 0.1) is 38.6 Å². The minimum atomic E-state index is -0.864. The number of hydrogen-bond donors (Lipinski definition) is 0. The molecule has 2 saturated heterocycles. The van der Waals surface area contributed by atoms with E-state index in [2.05, 4.69) is 13.2 Å². The van der Waals surface area contributed by atoms with Crippen LogP contribution >= 0.6 is 0 Å². The molecular formula is C43H36O16. The number of methoxy groups -OCH3 is 2. The van der Waals surface area contributed by atoms with Crippen LogP contribution in [0.25, 0.3) is 0 Å². The molecule has 6 rings (SSSR count). The van der Waals surface area contributed by atoms with Gasteiger partial charge in [-0.05, 0) is 79.2 Å². The number of carbonyl (C=O) groups is 6. The van der Waals surface area contributed by atoms with Crippen molar-refractivity contribution in [3.8, 4) is 34.5 Å². The van der Waals surface area contributed by atoms with Gasteiger partial charge in [0.15, 0.2) is 12.2 Å². The maximum Gasteiger partial charge on any atom is 0.343 e. The highest BCUT2D eigenvalue weighted by Gasteiger charge is 2.51. The van der Waals surface area contributed by atoms with Crippen LogP contribution in [0.4, 0.5) is 0 Å². The van der Waals surface area contributed by atoms with Gasteiger partial charge in [-0.15, -0.1) is 0 Å². The van der Waals surface area contributed by atoms with Gasteiger partial charge in [0.1, 0.15) is 57.8 Å². The summed E-state index contributed by atoms with van der Waals surface area (Å²) in [7, 11) is 2.67. The fraction of sp³-hybridized carbons (Fsp3) is 0.209. The monoisotopic (exact) mass is 808 g/mol. The number of aryl methyl sites for hydroxylation is 1. The summed E-state index contributed by atoms with van der Waals surface area (Å²) in [4.78, 5) is 75.2. The highest BCUT2D eigenvalue weighted by Crippen LogP contribution is 2.34. The molecule has 4 aromatic rings. The quantitative estimate of drug-likeness (QED) is 0.0917. The molecule has 0 radical (unpaired) electrons. The molecule has 0 amide bonds. The van der Waals surface area contributed by atoms with E-state index in [1.165, 1.54) is 93.1 Å². The Bertz CT molecular complexity index is 2310. The van der Waals surface area contributed by atoms with E-state index in [-0.39, 0.29) is 70.0 Å². The Kier molecular flexibility index (Phi) is 12.8. The third kappa shape index (κ3) is 9.64. The predicted octanol–water partition coefficient (Wildman–Crippen LogP) is 5.18. The molecule has 16 heteroatoms. The highest BCUT2D eigenvalue weighted by molar-refractivity contribution is 5.95. The molecule has 0 unspecified atom stereocenters. The summed E-state index contributed by atoms with van der Waals surface area (Å²) >= 11 is 0. The molecular weight excluding hydrogens is 772 g/mol. The molecule has 2 aliphatic rings. The van der Waals surface area contributed by atoms with Gasteiger partial charge in [-0.3, -0.25) is 0 Å². The first-order valence-electron chi connectivity index (χ1n) is 17.8. The molecule has 16 nitrogen and oxygen atoms in total. The maximum absolute atomic E-state index is 13.3. The number of benzene rings is 4. The van der Waals surface area contributed by atoms with E-state index in [1.807, 2.05) is 0 Å². The summed E-state index contributed by atoms with van der Waals surface area (Å²) in [6.07, 6.45) is -1.21. The van der Waals surface area contributed by atoms with Crippen LogP contribution in [0.3, 0.4) is 0 Å². The molecule has 0 saturated carbocycles. The van der Waals surface area contributed by atoms with Crippen molar-refractivity contribution in [1.82, 2.24) is 0 Å². The van der Waals surface area contributed by atoms with E-state index < -0.39 is 60.2 Å². The SMILES string of the molecule is C=CC(=O)Oc1ccc(C(=O)Oc2ccc(C(=O)O[C@H]3CO[C@H]4[C@@H]3OC[C@H]4OC(=O)c3ccc(OC(=O)c4ccc(OC(=O)C=C)c(C)c4)cc3OC)c(OC)c2)cc1. The average Bonchev–Trinajstić information content (AvgIpc) is 3.83. The van der Waals surface area contributed by atoms with Crippen LogP contribution in [0.15, 0.2) is 104 Å². The zero-order valence-corrected chi connectivity index (χ0v) is 31.8. The van der Waals surface area contributed by atoms with Crippen LogP contribution in [-0.2, 0) is 28.5 Å². The molecule has 2 heterocycles. The van der Waals surface area contributed by atoms with Crippen LogP contribution in [0.1, 0.15) is 47.0 Å². The largest absolute Gasteiger partial charge is 0.496 e. The normalized spacial score (nSPS) is 17.7. The predicted molar refractivity (Wildman–Crippen MR) is 203 cm³/mol. The standard InChI is InChI=1S/C43H36O16/c1-6-36(44)54-26-11-8-24(9-12-26)40(46)55-27-13-15-29(32(19-27)50-4)42(48)58-34-21-52-39-35(22-53-38(34)39)59-43(49)30-16-14-28(20-33(30)51-5)56-41(47)25-10-17-31(23(3)18-25)57-37(45)7-2/h6-20,34-35,38-39H,1-2,21-22H2,3-5H3/t34-,35+,38+,39+/m0/s1. The second-order valence-corrected chi connectivity index (χ2v) is 12.7. The Morgan fingerprint density at radius 3 is 1.47 bits per heavy atom. The van der Waals surface area contributed by atoms with Gasteiger partial charge in [-0.1, -0.05) is 13.2 Å². The summed E-state index contributed by atoms with van der Waals surface area (Å²) in [6.45, 7) is 8.24. The fourth-order valence-electron chi connectivity index (χ4n) is 6.03. The van der Waals surface area contributed by atoms with Crippen LogP contribution in [0.5, 0.6) is 34.5 Å². The van der Waals surface area contributed by atoms with Crippen molar-refractivity contribution in [2.24, 2.45) is 0 Å². The first-order chi connectivity index (χ1) is 28.4. The third-order valence-corrected chi connectivity index (χ3v) is 8.95. The van der Waals surface area contributed by atoms with Gasteiger partial charge in [0.25, 0.3) is 0 Å². The summed E-state index contributed by atoms with van der Waals surface area (Å²) in [5, 5.41) is 0. The number of fused-ring (bicyclic) bond motifs is 1. The summed E-state index contributed by atoms with van der Waals surface area (Å²) in [5.74, 6) is -3.47. The van der Waals surface area contributed by atoms with Crippen molar-refractivity contribution in [1.29, 1.82) is 0 Å². The van der Waals surface area contributed by atoms with Crippen LogP contribution < -0.4 is 28.4 Å². The van der Waals surface area contributed by atoms with E-state index in [0.717, 1.165) is 12.2 Å². The summed E-state index contributed by atoms with van der Waals surface area (Å²) in [6, 6.07) is 18.3. The molecule has 0 N–H and O–H groups in total. The van der Waals surface area contributed by atoms with E-state index in [9.17, 15) is 28.8 Å². The lowest BCUT2D eigenvalue weighted by Crippen LogP contribution is -2.36. The molecule has 4 aromatic carbocycles. The third-order valence-electron chi connectivity index (χ3n) is 8.95. The molecule has 59 heavy (non-hydrogen) atoms. The smallest absolute Gasteiger partial charge is 0.343 e. The van der Waals surface area contributed by atoms with Crippen molar-refractivity contribution in [2.75, 3.05) is 27.4 Å². The van der Waals surface area contributed by atoms with Gasteiger partial charge in [0, 0.05) is 24.3 Å². The molecule has 2 fully saturated rings. The summed E-state index contributed by atoms with van der Waals surface area (Å²) < 4.78 is 55.0. The second-order valence-electron chi connectivity index (χ2n) is 12.7. The molecule has 304 valence electrons. The zero-order chi connectivity index (χ0) is 42.2. The molecule has 0 bridgehead atoms. The minimum absolute atomic E-state index is 0.0332. The molecule has 0 aromatic heterocycles. The van der Waals surface area contributed by atoms with Crippen molar-refractivity contribution in [2.45, 2.75) is 31.3 Å². The van der Waals surface area contributed by atoms with Crippen molar-refractivity contribution in [3.05, 3.63) is 132 Å². The van der Waals surface area contributed by atoms with Gasteiger partial charge < -0.3 is 47.4 Å². The number of carbonyl (C=O) groups excluding carboxylic acids is 6.